The highest BCUT2D eigenvalue weighted by Crippen LogP contribution is 2.24. The molecule has 0 saturated carbocycles. The Morgan fingerprint density at radius 2 is 2.12 bits per heavy atom. The van der Waals surface area contributed by atoms with Crippen molar-refractivity contribution in [3.63, 3.8) is 0 Å². The summed E-state index contributed by atoms with van der Waals surface area (Å²) in [7, 11) is 0. The number of furan rings is 1. The van der Waals surface area contributed by atoms with Crippen molar-refractivity contribution in [2.75, 3.05) is 5.32 Å². The van der Waals surface area contributed by atoms with Gasteiger partial charge >= 0.3 is 0 Å². The van der Waals surface area contributed by atoms with Crippen molar-refractivity contribution in [3.05, 3.63) is 49.4 Å². The molecule has 16 heavy (non-hydrogen) atoms. The average molecular weight is 412 g/mol. The summed E-state index contributed by atoms with van der Waals surface area (Å²) in [5, 5.41) is 3.94. The van der Waals surface area contributed by atoms with Gasteiger partial charge in [0.25, 0.3) is 0 Å². The van der Waals surface area contributed by atoms with Crippen LogP contribution >= 0.6 is 50.1 Å². The van der Waals surface area contributed by atoms with Crippen molar-refractivity contribution in [1.29, 1.82) is 0 Å². The third-order valence-electron chi connectivity index (χ3n) is 2.01. The Hall–Kier alpha value is -0.200. The van der Waals surface area contributed by atoms with Crippen molar-refractivity contribution < 1.29 is 4.42 Å². The number of benzene rings is 1. The highest BCUT2D eigenvalue weighted by molar-refractivity contribution is 14.1. The molecule has 0 aliphatic heterocycles. The highest BCUT2D eigenvalue weighted by atomic mass is 127. The third-order valence-corrected chi connectivity index (χ3v) is 3.42. The van der Waals surface area contributed by atoms with Gasteiger partial charge in [-0.3, -0.25) is 0 Å². The second-order valence-corrected chi connectivity index (χ2v) is 5.62. The fraction of sp³-hybridized carbons (Fsp3) is 0.0909. The molecule has 0 saturated heterocycles. The van der Waals surface area contributed by atoms with Crippen LogP contribution in [0, 0.1) is 3.57 Å². The van der Waals surface area contributed by atoms with Gasteiger partial charge in [-0.2, -0.15) is 0 Å². The van der Waals surface area contributed by atoms with Gasteiger partial charge in [0.15, 0.2) is 4.67 Å². The van der Waals surface area contributed by atoms with Gasteiger partial charge in [0.2, 0.25) is 0 Å². The maximum absolute atomic E-state index is 6.09. The number of nitrogens with one attached hydrogen (secondary N) is 1. The van der Waals surface area contributed by atoms with Crippen LogP contribution in [0.15, 0.2) is 39.4 Å². The van der Waals surface area contributed by atoms with Gasteiger partial charge in [0.05, 0.1) is 17.3 Å². The minimum Gasteiger partial charge on any atom is -0.452 e. The van der Waals surface area contributed by atoms with E-state index in [2.05, 4.69) is 43.8 Å². The quantitative estimate of drug-likeness (QED) is 0.725. The van der Waals surface area contributed by atoms with Crippen LogP contribution in [0.5, 0.6) is 0 Å². The standard InChI is InChI=1S/C11H8BrClINO/c12-11-4-2-8(16-11)6-15-10-3-1-7(14)5-9(10)13/h1-5,15H,6H2. The molecule has 0 unspecified atom stereocenters. The van der Waals surface area contributed by atoms with Gasteiger partial charge in [-0.25, -0.2) is 0 Å². The van der Waals surface area contributed by atoms with E-state index in [1.807, 2.05) is 30.3 Å². The van der Waals surface area contributed by atoms with E-state index in [9.17, 15) is 0 Å². The number of hydrogen-bond acceptors (Lipinski definition) is 2. The van der Waals surface area contributed by atoms with Crippen molar-refractivity contribution in [1.82, 2.24) is 0 Å². The molecule has 2 aromatic rings. The first kappa shape index (κ1) is 12.3. The predicted molar refractivity (Wildman–Crippen MR) is 77.9 cm³/mol. The molecular formula is C11H8BrClINO. The molecule has 1 heterocycles. The summed E-state index contributed by atoms with van der Waals surface area (Å²) in [5.74, 6) is 0.862. The molecular weight excluding hydrogens is 404 g/mol. The van der Waals surface area contributed by atoms with Crippen LogP contribution in [-0.4, -0.2) is 0 Å². The Balaban J connectivity index is 2.04. The summed E-state index contributed by atoms with van der Waals surface area (Å²) in [5.41, 5.74) is 0.912. The minimum absolute atomic E-state index is 0.617. The second kappa shape index (κ2) is 5.42. The molecule has 2 rings (SSSR count). The molecule has 0 fully saturated rings. The number of anilines is 1. The molecule has 5 heteroatoms. The molecule has 0 atom stereocenters. The van der Waals surface area contributed by atoms with Gasteiger partial charge in [-0.05, 0) is 68.9 Å². The molecule has 0 spiro atoms. The van der Waals surface area contributed by atoms with Crippen molar-refractivity contribution in [2.45, 2.75) is 6.54 Å². The third kappa shape index (κ3) is 3.15. The average Bonchev–Trinajstić information content (AvgIpc) is 2.63. The van der Waals surface area contributed by atoms with E-state index in [1.165, 1.54) is 0 Å². The Morgan fingerprint density at radius 1 is 1.31 bits per heavy atom. The summed E-state index contributed by atoms with van der Waals surface area (Å²) < 4.78 is 7.23. The van der Waals surface area contributed by atoms with Gasteiger partial charge in [-0.1, -0.05) is 11.6 Å². The first-order valence-corrected chi connectivity index (χ1v) is 6.83. The highest BCUT2D eigenvalue weighted by Gasteiger charge is 2.02. The minimum atomic E-state index is 0.617. The smallest absolute Gasteiger partial charge is 0.169 e. The van der Waals surface area contributed by atoms with E-state index < -0.39 is 0 Å². The van der Waals surface area contributed by atoms with Gasteiger partial charge in [0, 0.05) is 3.57 Å². The summed E-state index contributed by atoms with van der Waals surface area (Å²) in [6, 6.07) is 9.67. The molecule has 0 aliphatic rings. The van der Waals surface area contributed by atoms with Crippen LogP contribution in [0.3, 0.4) is 0 Å². The lowest BCUT2D eigenvalue weighted by Gasteiger charge is -2.06. The molecule has 0 radical (unpaired) electrons. The van der Waals surface area contributed by atoms with Crippen LogP contribution in [0.25, 0.3) is 0 Å². The van der Waals surface area contributed by atoms with Crippen LogP contribution in [0.1, 0.15) is 5.76 Å². The molecule has 0 aliphatic carbocycles. The van der Waals surface area contributed by atoms with E-state index >= 15 is 0 Å². The number of halogens is 3. The molecule has 1 N–H and O–H groups in total. The van der Waals surface area contributed by atoms with Crippen molar-refractivity contribution >= 4 is 55.8 Å². The van der Waals surface area contributed by atoms with E-state index in [0.29, 0.717) is 6.54 Å². The molecule has 1 aromatic carbocycles. The summed E-state index contributed by atoms with van der Waals surface area (Å²) in [6.07, 6.45) is 0. The lowest BCUT2D eigenvalue weighted by molar-refractivity contribution is 0.495. The van der Waals surface area contributed by atoms with Crippen LogP contribution < -0.4 is 5.32 Å². The fourth-order valence-corrected chi connectivity index (χ4v) is 2.52. The van der Waals surface area contributed by atoms with Crippen molar-refractivity contribution in [2.24, 2.45) is 0 Å². The van der Waals surface area contributed by atoms with Crippen LogP contribution in [-0.2, 0) is 6.54 Å². The van der Waals surface area contributed by atoms with Gasteiger partial charge < -0.3 is 9.73 Å². The normalized spacial score (nSPS) is 10.4. The molecule has 84 valence electrons. The topological polar surface area (TPSA) is 25.2 Å². The first-order chi connectivity index (χ1) is 7.65. The van der Waals surface area contributed by atoms with Crippen molar-refractivity contribution in [3.8, 4) is 0 Å². The summed E-state index contributed by atoms with van der Waals surface area (Å²) >= 11 is 11.6. The summed E-state index contributed by atoms with van der Waals surface area (Å²) in [4.78, 5) is 0. The zero-order valence-electron chi connectivity index (χ0n) is 8.14. The zero-order chi connectivity index (χ0) is 11.5. The van der Waals surface area contributed by atoms with Crippen LogP contribution in [0.4, 0.5) is 5.69 Å². The Morgan fingerprint density at radius 3 is 2.75 bits per heavy atom. The zero-order valence-corrected chi connectivity index (χ0v) is 12.6. The second-order valence-electron chi connectivity index (χ2n) is 3.18. The largest absolute Gasteiger partial charge is 0.452 e. The van der Waals surface area contributed by atoms with Gasteiger partial charge in [-0.15, -0.1) is 0 Å². The Labute approximate surface area is 121 Å². The number of rotatable bonds is 3. The maximum atomic E-state index is 6.09. The number of hydrogen-bond donors (Lipinski definition) is 1. The molecule has 2 nitrogen and oxygen atoms in total. The molecule has 0 amide bonds. The van der Waals surface area contributed by atoms with E-state index in [1.54, 1.807) is 0 Å². The predicted octanol–water partition coefficient (Wildman–Crippen LogP) is 4.91. The Bertz CT molecular complexity index is 500. The summed E-state index contributed by atoms with van der Waals surface area (Å²) in [6.45, 7) is 0.617. The monoisotopic (exact) mass is 411 g/mol. The molecule has 0 bridgehead atoms. The molecule has 1 aromatic heterocycles. The van der Waals surface area contributed by atoms with E-state index in [0.717, 1.165) is 24.7 Å². The lowest BCUT2D eigenvalue weighted by atomic mass is 10.3. The maximum Gasteiger partial charge on any atom is 0.169 e. The Kier molecular flexibility index (Phi) is 4.16. The fourth-order valence-electron chi connectivity index (χ4n) is 1.26. The van der Waals surface area contributed by atoms with Crippen LogP contribution in [0.2, 0.25) is 5.02 Å². The first-order valence-electron chi connectivity index (χ1n) is 4.58. The lowest BCUT2D eigenvalue weighted by Crippen LogP contribution is -1.98. The van der Waals surface area contributed by atoms with E-state index in [4.69, 9.17) is 16.0 Å². The van der Waals surface area contributed by atoms with E-state index in [-0.39, 0.29) is 0 Å². The van der Waals surface area contributed by atoms with Gasteiger partial charge in [0.1, 0.15) is 5.76 Å². The SMILES string of the molecule is Clc1cc(I)ccc1NCc1ccc(Br)o1.